The molecule has 0 bridgehead atoms. The van der Waals surface area contributed by atoms with Crippen molar-refractivity contribution in [3.8, 4) is 0 Å². The van der Waals surface area contributed by atoms with Crippen molar-refractivity contribution in [1.82, 2.24) is 20.1 Å². The highest BCUT2D eigenvalue weighted by molar-refractivity contribution is 5.82. The lowest BCUT2D eigenvalue weighted by Gasteiger charge is -2.11. The zero-order chi connectivity index (χ0) is 19.1. The van der Waals surface area contributed by atoms with Crippen molar-refractivity contribution in [2.75, 3.05) is 10.6 Å². The van der Waals surface area contributed by atoms with Crippen LogP contribution in [0.3, 0.4) is 0 Å². The Morgan fingerprint density at radius 2 is 1.93 bits per heavy atom. The van der Waals surface area contributed by atoms with Gasteiger partial charge in [-0.15, -0.1) is 0 Å². The Hall–Kier alpha value is -4.14. The van der Waals surface area contributed by atoms with Gasteiger partial charge in [0.05, 0.1) is 5.52 Å². The molecule has 3 heterocycles. The van der Waals surface area contributed by atoms with Crippen LogP contribution in [-0.4, -0.2) is 20.1 Å². The lowest BCUT2D eigenvalue weighted by molar-refractivity contribution is 0.428. The maximum atomic E-state index is 11.3. The molecule has 0 radical (unpaired) electrons. The van der Waals surface area contributed by atoms with Crippen LogP contribution in [0.15, 0.2) is 62.6 Å². The van der Waals surface area contributed by atoms with Gasteiger partial charge in [-0.05, 0) is 43.3 Å². The van der Waals surface area contributed by atoms with E-state index in [9.17, 15) is 4.79 Å². The lowest BCUT2D eigenvalue weighted by atomic mass is 10.2. The summed E-state index contributed by atoms with van der Waals surface area (Å²) in [6.45, 7) is 1.91. The van der Waals surface area contributed by atoms with Gasteiger partial charge in [-0.2, -0.15) is 4.98 Å². The van der Waals surface area contributed by atoms with E-state index in [0.29, 0.717) is 22.9 Å². The van der Waals surface area contributed by atoms with Crippen LogP contribution in [0, 0.1) is 6.92 Å². The van der Waals surface area contributed by atoms with Crippen LogP contribution in [0.1, 0.15) is 5.56 Å². The molecule has 2 aromatic carbocycles. The van der Waals surface area contributed by atoms with E-state index in [4.69, 9.17) is 8.94 Å². The molecule has 0 aliphatic rings. The summed E-state index contributed by atoms with van der Waals surface area (Å²) in [6.07, 6.45) is 3.32. The number of H-pyrrole nitrogens is 1. The topological polar surface area (TPSA) is 122 Å². The van der Waals surface area contributed by atoms with E-state index in [2.05, 4.69) is 30.7 Å². The van der Waals surface area contributed by atoms with Crippen molar-refractivity contribution in [3.05, 3.63) is 65.0 Å². The number of hydrogen-bond donors (Lipinski definition) is 3. The van der Waals surface area contributed by atoms with E-state index in [-0.39, 0.29) is 0 Å². The van der Waals surface area contributed by atoms with Gasteiger partial charge in [0.2, 0.25) is 5.95 Å². The van der Waals surface area contributed by atoms with Crippen LogP contribution < -0.4 is 16.4 Å². The Bertz CT molecular complexity index is 1370. The molecule has 9 heteroatoms. The highest BCUT2D eigenvalue weighted by atomic mass is 16.5. The van der Waals surface area contributed by atoms with Gasteiger partial charge >= 0.3 is 5.76 Å². The number of nitrogens with zero attached hydrogens (tertiary/aromatic N) is 3. The average Bonchev–Trinajstić information content (AvgIpc) is 3.29. The van der Waals surface area contributed by atoms with Crippen LogP contribution in [0.4, 0.5) is 23.1 Å². The fourth-order valence-electron chi connectivity index (χ4n) is 2.86. The molecule has 0 aliphatic heterocycles. The van der Waals surface area contributed by atoms with Crippen molar-refractivity contribution in [1.29, 1.82) is 0 Å². The first-order valence-electron chi connectivity index (χ1n) is 8.49. The van der Waals surface area contributed by atoms with Gasteiger partial charge in [-0.3, -0.25) is 4.98 Å². The molecule has 0 fully saturated rings. The second-order valence-electron chi connectivity index (χ2n) is 6.29. The highest BCUT2D eigenvalue weighted by Gasteiger charge is 2.08. The van der Waals surface area contributed by atoms with E-state index in [0.717, 1.165) is 27.8 Å². The molecule has 0 saturated carbocycles. The second kappa shape index (κ2) is 6.23. The zero-order valence-corrected chi connectivity index (χ0v) is 14.7. The van der Waals surface area contributed by atoms with E-state index in [1.807, 2.05) is 31.2 Å². The minimum Gasteiger partial charge on any atom is -0.408 e. The predicted octanol–water partition coefficient (Wildman–Crippen LogP) is 3.85. The number of aromatic nitrogens is 4. The van der Waals surface area contributed by atoms with Gasteiger partial charge in [0, 0.05) is 28.5 Å². The van der Waals surface area contributed by atoms with Gasteiger partial charge in [0.1, 0.15) is 17.6 Å². The second-order valence-corrected chi connectivity index (χ2v) is 6.29. The summed E-state index contributed by atoms with van der Waals surface area (Å²) in [5, 5.41) is 11.3. The average molecular weight is 374 g/mol. The summed E-state index contributed by atoms with van der Waals surface area (Å²) >= 11 is 0. The molecule has 0 spiro atoms. The van der Waals surface area contributed by atoms with Crippen LogP contribution >= 0.6 is 0 Å². The third-order valence-corrected chi connectivity index (χ3v) is 4.27. The van der Waals surface area contributed by atoms with Crippen LogP contribution in [0.5, 0.6) is 0 Å². The smallest absolute Gasteiger partial charge is 0.408 e. The fourth-order valence-corrected chi connectivity index (χ4v) is 2.86. The Balaban J connectivity index is 1.43. The Kier molecular flexibility index (Phi) is 3.58. The zero-order valence-electron chi connectivity index (χ0n) is 14.7. The van der Waals surface area contributed by atoms with Crippen molar-refractivity contribution < 1.29 is 8.94 Å². The molecule has 0 aliphatic carbocycles. The number of aromatic amines is 1. The van der Waals surface area contributed by atoms with Gasteiger partial charge in [0.15, 0.2) is 5.58 Å². The summed E-state index contributed by atoms with van der Waals surface area (Å²) in [4.78, 5) is 22.8. The van der Waals surface area contributed by atoms with Crippen LogP contribution in [0.2, 0.25) is 0 Å². The first kappa shape index (κ1) is 16.1. The van der Waals surface area contributed by atoms with Gasteiger partial charge in [-0.1, -0.05) is 5.16 Å². The van der Waals surface area contributed by atoms with E-state index >= 15 is 0 Å². The number of oxazole rings is 1. The standard InChI is InChI=1S/C19H14N6O3/c1-10-8-20-18(22-13-3-2-11-9-27-25-14(11)6-13)24-17(10)21-12-4-5-16-15(7-12)23-19(26)28-16/h2-9H,1H3,(H,23,26)(H2,20,21,22,24). The van der Waals surface area contributed by atoms with Crippen LogP contribution in [-0.2, 0) is 0 Å². The van der Waals surface area contributed by atoms with E-state index in [1.165, 1.54) is 0 Å². The summed E-state index contributed by atoms with van der Waals surface area (Å²) in [5.41, 5.74) is 4.30. The number of rotatable bonds is 4. The third kappa shape index (κ3) is 2.94. The Labute approximate surface area is 157 Å². The molecular formula is C19H14N6O3. The molecule has 5 aromatic rings. The SMILES string of the molecule is Cc1cnc(Nc2ccc3conc3c2)nc1Nc1ccc2oc(=O)[nH]c2c1. The van der Waals surface area contributed by atoms with Crippen molar-refractivity contribution in [2.24, 2.45) is 0 Å². The maximum absolute atomic E-state index is 11.3. The summed E-state index contributed by atoms with van der Waals surface area (Å²) < 4.78 is 9.98. The monoisotopic (exact) mass is 374 g/mol. The molecule has 0 amide bonds. The number of aryl methyl sites for hydroxylation is 1. The minimum atomic E-state index is -0.485. The summed E-state index contributed by atoms with van der Waals surface area (Å²) in [7, 11) is 0. The molecular weight excluding hydrogens is 360 g/mol. The Morgan fingerprint density at radius 1 is 1.07 bits per heavy atom. The predicted molar refractivity (Wildman–Crippen MR) is 104 cm³/mol. The first-order valence-corrected chi connectivity index (χ1v) is 8.49. The van der Waals surface area contributed by atoms with Crippen molar-refractivity contribution >= 4 is 45.1 Å². The summed E-state index contributed by atoms with van der Waals surface area (Å²) in [5.74, 6) is 0.597. The fraction of sp³-hybridized carbons (Fsp3) is 0.0526. The largest absolute Gasteiger partial charge is 0.417 e. The number of benzene rings is 2. The molecule has 0 atom stereocenters. The molecule has 3 aromatic heterocycles. The molecule has 138 valence electrons. The van der Waals surface area contributed by atoms with Gasteiger partial charge in [0.25, 0.3) is 0 Å². The maximum Gasteiger partial charge on any atom is 0.417 e. The van der Waals surface area contributed by atoms with Gasteiger partial charge in [-0.25, -0.2) is 9.78 Å². The Morgan fingerprint density at radius 3 is 2.86 bits per heavy atom. The molecule has 0 saturated heterocycles. The number of fused-ring (bicyclic) bond motifs is 2. The molecule has 0 unspecified atom stereocenters. The van der Waals surface area contributed by atoms with E-state index < -0.39 is 5.76 Å². The highest BCUT2D eigenvalue weighted by Crippen LogP contribution is 2.24. The number of anilines is 4. The summed E-state index contributed by atoms with van der Waals surface area (Å²) in [6, 6.07) is 11.0. The van der Waals surface area contributed by atoms with Crippen molar-refractivity contribution in [3.63, 3.8) is 0 Å². The number of hydrogen-bond acceptors (Lipinski definition) is 8. The van der Waals surface area contributed by atoms with Crippen molar-refractivity contribution in [2.45, 2.75) is 6.92 Å². The third-order valence-electron chi connectivity index (χ3n) is 4.27. The normalized spacial score (nSPS) is 11.2. The lowest BCUT2D eigenvalue weighted by Crippen LogP contribution is -2.02. The molecule has 9 nitrogen and oxygen atoms in total. The quantitative estimate of drug-likeness (QED) is 0.434. The molecule has 28 heavy (non-hydrogen) atoms. The van der Waals surface area contributed by atoms with E-state index in [1.54, 1.807) is 24.6 Å². The minimum absolute atomic E-state index is 0.439. The molecule has 5 rings (SSSR count). The van der Waals surface area contributed by atoms with Gasteiger partial charge < -0.3 is 19.6 Å². The first-order chi connectivity index (χ1) is 13.6. The molecule has 3 N–H and O–H groups in total. The van der Waals surface area contributed by atoms with Crippen LogP contribution in [0.25, 0.3) is 22.0 Å². The number of nitrogens with one attached hydrogen (secondary N) is 3.